The van der Waals surface area contributed by atoms with E-state index >= 15 is 0 Å². The van der Waals surface area contributed by atoms with E-state index in [0.717, 1.165) is 26.1 Å². The van der Waals surface area contributed by atoms with Gasteiger partial charge < -0.3 is 10.1 Å². The molecule has 1 rings (SSSR count). The molecule has 3 nitrogen and oxygen atoms in total. The first-order valence-electron chi connectivity index (χ1n) is 5.09. The van der Waals surface area contributed by atoms with Crippen LogP contribution in [-0.4, -0.2) is 31.6 Å². The molecule has 1 N–H and O–H groups in total. The van der Waals surface area contributed by atoms with Gasteiger partial charge in [-0.3, -0.25) is 4.79 Å². The van der Waals surface area contributed by atoms with Gasteiger partial charge in [-0.1, -0.05) is 13.8 Å². The number of ketones is 1. The summed E-state index contributed by atoms with van der Waals surface area (Å²) >= 11 is 0. The van der Waals surface area contributed by atoms with E-state index in [9.17, 15) is 4.79 Å². The maximum Gasteiger partial charge on any atom is 0.143 e. The third kappa shape index (κ3) is 6.72. The molecule has 0 atom stereocenters. The van der Waals surface area contributed by atoms with Crippen LogP contribution in [-0.2, 0) is 9.53 Å². The molecule has 0 amide bonds. The second-order valence-electron chi connectivity index (χ2n) is 2.97. The van der Waals surface area contributed by atoms with Crippen molar-refractivity contribution in [2.45, 2.75) is 39.7 Å². The Morgan fingerprint density at radius 1 is 1.38 bits per heavy atom. The van der Waals surface area contributed by atoms with E-state index in [-0.39, 0.29) is 5.78 Å². The predicted octanol–water partition coefficient (Wildman–Crippen LogP) is 1.37. The highest BCUT2D eigenvalue weighted by Crippen LogP contribution is 2.05. The smallest absolute Gasteiger partial charge is 0.143 e. The van der Waals surface area contributed by atoms with Gasteiger partial charge in [0.15, 0.2) is 0 Å². The van der Waals surface area contributed by atoms with Crippen molar-refractivity contribution < 1.29 is 9.53 Å². The quantitative estimate of drug-likeness (QED) is 0.725. The van der Waals surface area contributed by atoms with Gasteiger partial charge in [-0.05, 0) is 19.8 Å². The molecule has 1 aliphatic rings. The normalized spacial score (nSPS) is 17.5. The molecular weight excluding hydrogens is 166 g/mol. The molecule has 0 bridgehead atoms. The summed E-state index contributed by atoms with van der Waals surface area (Å²) in [6.07, 6.45) is 2.07. The van der Waals surface area contributed by atoms with Gasteiger partial charge in [0.1, 0.15) is 5.78 Å². The number of carbonyl (C=O) groups excluding carboxylic acids is 1. The van der Waals surface area contributed by atoms with Crippen molar-refractivity contribution in [2.75, 3.05) is 19.8 Å². The lowest BCUT2D eigenvalue weighted by atomic mass is 10.1. The predicted molar refractivity (Wildman–Crippen MR) is 53.9 cm³/mol. The van der Waals surface area contributed by atoms with Crippen LogP contribution in [0.3, 0.4) is 0 Å². The number of hydrogen-bond donors (Lipinski definition) is 1. The Hall–Kier alpha value is -0.410. The molecule has 0 radical (unpaired) electrons. The van der Waals surface area contributed by atoms with E-state index in [1.165, 1.54) is 0 Å². The fourth-order valence-electron chi connectivity index (χ4n) is 1.19. The fraction of sp³-hybridized carbons (Fsp3) is 0.900. The zero-order valence-electron chi connectivity index (χ0n) is 8.93. The molecule has 13 heavy (non-hydrogen) atoms. The van der Waals surface area contributed by atoms with Crippen molar-refractivity contribution in [1.82, 2.24) is 5.32 Å². The molecule has 0 aromatic rings. The Morgan fingerprint density at radius 2 is 1.92 bits per heavy atom. The summed E-state index contributed by atoms with van der Waals surface area (Å²) in [5.41, 5.74) is 0. The van der Waals surface area contributed by atoms with Gasteiger partial charge in [-0.2, -0.15) is 0 Å². The van der Waals surface area contributed by atoms with Crippen LogP contribution in [0, 0.1) is 0 Å². The SMILES string of the molecule is CC.CC(=O)CNC1CCOCC1. The van der Waals surface area contributed by atoms with Gasteiger partial charge in [0.2, 0.25) is 0 Å². The number of carbonyl (C=O) groups is 1. The third-order valence-electron chi connectivity index (χ3n) is 1.86. The first-order valence-corrected chi connectivity index (χ1v) is 5.09. The van der Waals surface area contributed by atoms with Crippen LogP contribution in [0.1, 0.15) is 33.6 Å². The van der Waals surface area contributed by atoms with E-state index in [4.69, 9.17) is 4.74 Å². The zero-order valence-corrected chi connectivity index (χ0v) is 8.93. The monoisotopic (exact) mass is 187 g/mol. The minimum atomic E-state index is 0.205. The highest BCUT2D eigenvalue weighted by Gasteiger charge is 2.12. The summed E-state index contributed by atoms with van der Waals surface area (Å²) in [6, 6.07) is 0.493. The number of Topliss-reactive ketones (excluding diaryl/α,β-unsaturated/α-hetero) is 1. The highest BCUT2D eigenvalue weighted by atomic mass is 16.5. The van der Waals surface area contributed by atoms with Crippen LogP contribution in [0.5, 0.6) is 0 Å². The number of hydrogen-bond acceptors (Lipinski definition) is 3. The average molecular weight is 187 g/mol. The van der Waals surface area contributed by atoms with Crippen molar-refractivity contribution >= 4 is 5.78 Å². The lowest BCUT2D eigenvalue weighted by molar-refractivity contribution is -0.116. The molecule has 1 aliphatic heterocycles. The van der Waals surface area contributed by atoms with Crippen molar-refractivity contribution in [1.29, 1.82) is 0 Å². The first kappa shape index (κ1) is 12.6. The van der Waals surface area contributed by atoms with Gasteiger partial charge in [0, 0.05) is 19.3 Å². The maximum absolute atomic E-state index is 10.6. The van der Waals surface area contributed by atoms with Crippen LogP contribution in [0.2, 0.25) is 0 Å². The fourth-order valence-corrected chi connectivity index (χ4v) is 1.19. The summed E-state index contributed by atoms with van der Waals surface area (Å²) < 4.78 is 5.18. The lowest BCUT2D eigenvalue weighted by Crippen LogP contribution is -2.37. The van der Waals surface area contributed by atoms with Gasteiger partial charge in [0.25, 0.3) is 0 Å². The van der Waals surface area contributed by atoms with Gasteiger partial charge >= 0.3 is 0 Å². The molecule has 0 aromatic carbocycles. The Kier molecular flexibility index (Phi) is 7.94. The van der Waals surface area contributed by atoms with Crippen LogP contribution < -0.4 is 5.32 Å². The molecule has 1 fully saturated rings. The zero-order chi connectivity index (χ0) is 10.1. The molecule has 0 saturated carbocycles. The Balaban J connectivity index is 0.000000671. The first-order chi connectivity index (χ1) is 6.29. The van der Waals surface area contributed by atoms with E-state index in [1.54, 1.807) is 6.92 Å². The van der Waals surface area contributed by atoms with Gasteiger partial charge in [0.05, 0.1) is 6.54 Å². The lowest BCUT2D eigenvalue weighted by Gasteiger charge is -2.22. The minimum Gasteiger partial charge on any atom is -0.381 e. The average Bonchev–Trinajstić information content (AvgIpc) is 2.19. The van der Waals surface area contributed by atoms with Crippen LogP contribution >= 0.6 is 0 Å². The van der Waals surface area contributed by atoms with E-state index in [2.05, 4.69) is 5.32 Å². The topological polar surface area (TPSA) is 38.3 Å². The van der Waals surface area contributed by atoms with Crippen molar-refractivity contribution in [3.8, 4) is 0 Å². The maximum atomic E-state index is 10.6. The number of ether oxygens (including phenoxy) is 1. The highest BCUT2D eigenvalue weighted by molar-refractivity contribution is 5.77. The molecule has 1 heterocycles. The molecule has 3 heteroatoms. The van der Waals surface area contributed by atoms with Crippen LogP contribution in [0.4, 0.5) is 0 Å². The Labute approximate surface area is 80.8 Å². The summed E-state index contributed by atoms with van der Waals surface area (Å²) in [7, 11) is 0. The Morgan fingerprint density at radius 3 is 2.38 bits per heavy atom. The minimum absolute atomic E-state index is 0.205. The molecule has 0 spiro atoms. The number of nitrogens with one attached hydrogen (secondary N) is 1. The summed E-state index contributed by atoms with van der Waals surface area (Å²) in [6.45, 7) is 7.77. The van der Waals surface area contributed by atoms with Crippen molar-refractivity contribution in [3.05, 3.63) is 0 Å². The largest absolute Gasteiger partial charge is 0.381 e. The number of rotatable bonds is 3. The summed E-state index contributed by atoms with van der Waals surface area (Å²) in [5, 5.41) is 3.19. The molecule has 0 aliphatic carbocycles. The third-order valence-corrected chi connectivity index (χ3v) is 1.86. The molecule has 1 saturated heterocycles. The second kappa shape index (κ2) is 8.20. The van der Waals surface area contributed by atoms with Crippen LogP contribution in [0.15, 0.2) is 0 Å². The van der Waals surface area contributed by atoms with Crippen molar-refractivity contribution in [2.24, 2.45) is 0 Å². The summed E-state index contributed by atoms with van der Waals surface area (Å²) in [5.74, 6) is 0.205. The van der Waals surface area contributed by atoms with Gasteiger partial charge in [-0.15, -0.1) is 0 Å². The standard InChI is InChI=1S/C8H15NO2.C2H6/c1-7(10)6-9-8-2-4-11-5-3-8;1-2/h8-9H,2-6H2,1H3;1-2H3. The van der Waals surface area contributed by atoms with E-state index in [1.807, 2.05) is 13.8 Å². The van der Waals surface area contributed by atoms with Gasteiger partial charge in [-0.25, -0.2) is 0 Å². The molecule has 0 unspecified atom stereocenters. The van der Waals surface area contributed by atoms with Crippen molar-refractivity contribution in [3.63, 3.8) is 0 Å². The molecule has 78 valence electrons. The van der Waals surface area contributed by atoms with Crippen LogP contribution in [0.25, 0.3) is 0 Å². The molecule has 0 aromatic heterocycles. The Bertz CT molecular complexity index is 131. The summed E-state index contributed by atoms with van der Waals surface area (Å²) in [4.78, 5) is 10.6. The molecular formula is C10H21NO2. The van der Waals surface area contributed by atoms with E-state index < -0.39 is 0 Å². The van der Waals surface area contributed by atoms with E-state index in [0.29, 0.717) is 12.6 Å². The second-order valence-corrected chi connectivity index (χ2v) is 2.97.